The molecule has 0 saturated heterocycles. The molecular formula is C12H12N4O3. The second-order valence-corrected chi connectivity index (χ2v) is 3.64. The molecule has 98 valence electrons. The van der Waals surface area contributed by atoms with Crippen LogP contribution in [0.4, 0.5) is 11.4 Å². The number of carbonyl (C=O) groups excluding carboxylic acids is 1. The lowest BCUT2D eigenvalue weighted by Crippen LogP contribution is -2.39. The molecule has 2 aromatic heterocycles. The first kappa shape index (κ1) is 12.8. The van der Waals surface area contributed by atoms with Gasteiger partial charge in [-0.3, -0.25) is 9.99 Å². The summed E-state index contributed by atoms with van der Waals surface area (Å²) in [6.45, 7) is 0. The maximum absolute atomic E-state index is 11.7. The standard InChI is InChI=1S/C12H12N4O3/c1-19-12(17)11-10(5-3-7-15(11)18)16(13)9-4-2-6-14-8-9/h2-8H,13H2,1H3. The molecule has 7 heteroatoms. The van der Waals surface area contributed by atoms with Crippen molar-refractivity contribution in [3.63, 3.8) is 0 Å². The zero-order valence-electron chi connectivity index (χ0n) is 10.2. The third-order valence-corrected chi connectivity index (χ3v) is 2.50. The van der Waals surface area contributed by atoms with Crippen molar-refractivity contribution in [2.75, 3.05) is 12.1 Å². The van der Waals surface area contributed by atoms with E-state index in [9.17, 15) is 10.0 Å². The molecule has 0 aromatic carbocycles. The van der Waals surface area contributed by atoms with E-state index in [-0.39, 0.29) is 11.4 Å². The van der Waals surface area contributed by atoms with Crippen LogP contribution in [-0.2, 0) is 4.74 Å². The van der Waals surface area contributed by atoms with Gasteiger partial charge in [0, 0.05) is 12.3 Å². The molecule has 0 aliphatic carbocycles. The van der Waals surface area contributed by atoms with Crippen LogP contribution in [-0.4, -0.2) is 18.1 Å². The van der Waals surface area contributed by atoms with Gasteiger partial charge in [0.15, 0.2) is 6.20 Å². The molecule has 0 atom stereocenters. The molecule has 2 rings (SSSR count). The van der Waals surface area contributed by atoms with Gasteiger partial charge in [-0.1, -0.05) is 0 Å². The quantitative estimate of drug-likeness (QED) is 0.284. The Kier molecular flexibility index (Phi) is 3.58. The van der Waals surface area contributed by atoms with E-state index in [1.807, 2.05) is 0 Å². The van der Waals surface area contributed by atoms with Gasteiger partial charge in [0.1, 0.15) is 5.69 Å². The predicted octanol–water partition coefficient (Wildman–Crippen LogP) is 0.513. The van der Waals surface area contributed by atoms with Gasteiger partial charge in [0.2, 0.25) is 0 Å². The number of aromatic nitrogens is 2. The number of nitrogens with two attached hydrogens (primary N) is 1. The van der Waals surface area contributed by atoms with E-state index < -0.39 is 5.97 Å². The van der Waals surface area contributed by atoms with Crippen LogP contribution in [0.25, 0.3) is 0 Å². The lowest BCUT2D eigenvalue weighted by Gasteiger charge is -2.19. The minimum atomic E-state index is -0.759. The fourth-order valence-corrected chi connectivity index (χ4v) is 1.60. The highest BCUT2D eigenvalue weighted by molar-refractivity contribution is 5.92. The van der Waals surface area contributed by atoms with Crippen molar-refractivity contribution in [2.24, 2.45) is 5.84 Å². The highest BCUT2D eigenvalue weighted by atomic mass is 16.5. The van der Waals surface area contributed by atoms with Crippen molar-refractivity contribution in [3.8, 4) is 0 Å². The van der Waals surface area contributed by atoms with Crippen LogP contribution in [0.1, 0.15) is 10.5 Å². The van der Waals surface area contributed by atoms with Gasteiger partial charge in [0.25, 0.3) is 0 Å². The SMILES string of the molecule is COC(=O)c1c(N(N)c2cccnc2)ccc[n+]1[O-]. The summed E-state index contributed by atoms with van der Waals surface area (Å²) < 4.78 is 5.00. The molecule has 2 N–H and O–H groups in total. The smallest absolute Gasteiger partial charge is 0.407 e. The number of rotatable bonds is 3. The normalized spacial score (nSPS) is 10.0. The van der Waals surface area contributed by atoms with Gasteiger partial charge in [-0.2, -0.15) is 4.73 Å². The first-order chi connectivity index (χ1) is 9.15. The van der Waals surface area contributed by atoms with Crippen molar-refractivity contribution < 1.29 is 14.3 Å². The number of nitrogens with zero attached hydrogens (tertiary/aromatic N) is 3. The topological polar surface area (TPSA) is 95.4 Å². The number of anilines is 2. The molecule has 0 bridgehead atoms. The van der Waals surface area contributed by atoms with E-state index in [4.69, 9.17) is 5.84 Å². The average Bonchev–Trinajstić information content (AvgIpc) is 2.46. The number of pyridine rings is 2. The van der Waals surface area contributed by atoms with Gasteiger partial charge in [-0.15, -0.1) is 0 Å². The van der Waals surface area contributed by atoms with Crippen molar-refractivity contribution in [3.05, 3.63) is 53.8 Å². The summed E-state index contributed by atoms with van der Waals surface area (Å²) in [5, 5.41) is 12.9. The third kappa shape index (κ3) is 2.45. The maximum atomic E-state index is 11.7. The minimum absolute atomic E-state index is 0.184. The van der Waals surface area contributed by atoms with Crippen LogP contribution in [0, 0.1) is 5.21 Å². The highest BCUT2D eigenvalue weighted by Crippen LogP contribution is 2.22. The Hall–Kier alpha value is -2.67. The number of carbonyl (C=O) groups is 1. The summed E-state index contributed by atoms with van der Waals surface area (Å²) >= 11 is 0. The summed E-state index contributed by atoms with van der Waals surface area (Å²) in [5.41, 5.74) is 0.590. The molecule has 19 heavy (non-hydrogen) atoms. The fourth-order valence-electron chi connectivity index (χ4n) is 1.60. The van der Waals surface area contributed by atoms with Crippen LogP contribution in [0.15, 0.2) is 42.9 Å². The van der Waals surface area contributed by atoms with E-state index in [0.29, 0.717) is 10.4 Å². The number of hydrogen-bond donors (Lipinski definition) is 1. The molecule has 0 spiro atoms. The van der Waals surface area contributed by atoms with E-state index >= 15 is 0 Å². The molecule has 0 aliphatic rings. The first-order valence-corrected chi connectivity index (χ1v) is 5.40. The van der Waals surface area contributed by atoms with Crippen LogP contribution in [0.2, 0.25) is 0 Å². The summed E-state index contributed by atoms with van der Waals surface area (Å²) in [7, 11) is 1.20. The Morgan fingerprint density at radius 2 is 2.26 bits per heavy atom. The Balaban J connectivity index is 2.51. The van der Waals surface area contributed by atoms with E-state index in [0.717, 1.165) is 0 Å². The zero-order chi connectivity index (χ0) is 13.8. The van der Waals surface area contributed by atoms with Crippen LogP contribution < -0.4 is 15.6 Å². The van der Waals surface area contributed by atoms with E-state index in [1.165, 1.54) is 30.6 Å². The second-order valence-electron chi connectivity index (χ2n) is 3.64. The Morgan fingerprint density at radius 1 is 1.47 bits per heavy atom. The number of hydrazine groups is 1. The maximum Gasteiger partial charge on any atom is 0.407 e. The summed E-state index contributed by atoms with van der Waals surface area (Å²) in [5.74, 6) is 5.15. The summed E-state index contributed by atoms with van der Waals surface area (Å²) in [4.78, 5) is 15.6. The van der Waals surface area contributed by atoms with Gasteiger partial charge < -0.3 is 9.94 Å². The largest absolute Gasteiger partial charge is 0.618 e. The van der Waals surface area contributed by atoms with Gasteiger partial charge >= 0.3 is 11.7 Å². The summed E-state index contributed by atoms with van der Waals surface area (Å²) in [6.07, 6.45) is 4.31. The lowest BCUT2D eigenvalue weighted by molar-refractivity contribution is -0.607. The van der Waals surface area contributed by atoms with E-state index in [1.54, 1.807) is 24.4 Å². The zero-order valence-corrected chi connectivity index (χ0v) is 10.2. The average molecular weight is 260 g/mol. The first-order valence-electron chi connectivity index (χ1n) is 5.40. The van der Waals surface area contributed by atoms with Crippen molar-refractivity contribution >= 4 is 17.3 Å². The van der Waals surface area contributed by atoms with Crippen molar-refractivity contribution in [1.82, 2.24) is 4.98 Å². The fraction of sp³-hybridized carbons (Fsp3) is 0.0833. The van der Waals surface area contributed by atoms with Crippen LogP contribution >= 0.6 is 0 Å². The molecule has 0 aliphatic heterocycles. The van der Waals surface area contributed by atoms with E-state index in [2.05, 4.69) is 9.72 Å². The number of methoxy groups -OCH3 is 1. The molecule has 0 radical (unpaired) electrons. The van der Waals surface area contributed by atoms with Gasteiger partial charge in [0.05, 0.1) is 19.0 Å². The van der Waals surface area contributed by atoms with Gasteiger partial charge in [-0.05, 0) is 18.2 Å². The molecule has 0 amide bonds. The Bertz CT molecular complexity index is 589. The molecule has 2 aromatic rings. The molecule has 0 fully saturated rings. The van der Waals surface area contributed by atoms with Gasteiger partial charge in [-0.25, -0.2) is 10.6 Å². The third-order valence-electron chi connectivity index (χ3n) is 2.50. The predicted molar refractivity (Wildman–Crippen MR) is 67.3 cm³/mol. The van der Waals surface area contributed by atoms with Crippen molar-refractivity contribution in [1.29, 1.82) is 0 Å². The molecule has 2 heterocycles. The number of ether oxygens (including phenoxy) is 1. The highest BCUT2D eigenvalue weighted by Gasteiger charge is 2.25. The molecule has 7 nitrogen and oxygen atoms in total. The van der Waals surface area contributed by atoms with Crippen molar-refractivity contribution in [2.45, 2.75) is 0 Å². The van der Waals surface area contributed by atoms with Crippen LogP contribution in [0.3, 0.4) is 0 Å². The molecular weight excluding hydrogens is 248 g/mol. The minimum Gasteiger partial charge on any atom is -0.618 e. The Labute approximate surface area is 109 Å². The molecule has 0 saturated carbocycles. The number of hydrogen-bond acceptors (Lipinski definition) is 6. The monoisotopic (exact) mass is 260 g/mol. The molecule has 0 unspecified atom stereocenters. The van der Waals surface area contributed by atoms with Crippen LogP contribution in [0.5, 0.6) is 0 Å². The number of esters is 1. The lowest BCUT2D eigenvalue weighted by atomic mass is 10.2. The Morgan fingerprint density at radius 3 is 2.89 bits per heavy atom. The second kappa shape index (κ2) is 5.32. The summed E-state index contributed by atoms with van der Waals surface area (Å²) in [6, 6.07) is 6.44.